The van der Waals surface area contributed by atoms with Gasteiger partial charge in [0.15, 0.2) is 6.10 Å². The second kappa shape index (κ2) is 26.4. The number of amides is 6. The van der Waals surface area contributed by atoms with E-state index in [9.17, 15) is 24.0 Å². The second-order valence-electron chi connectivity index (χ2n) is 19.9. The molecule has 1 aliphatic heterocycles. The van der Waals surface area contributed by atoms with E-state index in [1.807, 2.05) is 65.8 Å². The van der Waals surface area contributed by atoms with Crippen molar-refractivity contribution in [2.24, 2.45) is 23.7 Å². The molecule has 0 radical (unpaired) electrons. The van der Waals surface area contributed by atoms with Crippen LogP contribution in [0.3, 0.4) is 0 Å². The molecule has 0 saturated carbocycles. The van der Waals surface area contributed by atoms with E-state index in [2.05, 4.69) is 29.8 Å². The summed E-state index contributed by atoms with van der Waals surface area (Å²) < 4.78 is 7.26. The van der Waals surface area contributed by atoms with Gasteiger partial charge in [0.25, 0.3) is 5.91 Å². The standard InChI is InChI=1S/C51H83N7O9/c1-15-17-21-33(7)27-40-48(62)55(11)35(9)51(65)67-36(10)45(59)52-41(28-34(8)22-18-16-2)50(64)56(12)43(26-32(5)6)46(60)53-39(25-31(3)4)49(63)57(13)44(47(61)54-40)29-37-30-58(66-14)42-24-20-19-23-38(37)42/h19-20,23-24,30-36,39-41,43-44H,15-18,21-22,25-29H2,1-14H3,(H,52,59)(H,53,60)(H,54,61)/t33-,34-,35+,36-,39+,40+,41+,43+,44+/m1/s1. The minimum absolute atomic E-state index is 0.0107. The van der Waals surface area contributed by atoms with Crippen LogP contribution in [0.15, 0.2) is 30.5 Å². The van der Waals surface area contributed by atoms with Crippen LogP contribution in [-0.2, 0) is 44.7 Å². The molecule has 2 aromatic rings. The molecule has 0 spiro atoms. The number of cyclic esters (lactones) is 1. The van der Waals surface area contributed by atoms with Gasteiger partial charge in [-0.25, -0.2) is 4.79 Å². The number of para-hydroxylation sites is 1. The lowest BCUT2D eigenvalue weighted by atomic mass is 9.94. The van der Waals surface area contributed by atoms with Gasteiger partial charge in [-0.15, -0.1) is 0 Å². The number of esters is 1. The van der Waals surface area contributed by atoms with Crippen molar-refractivity contribution in [3.05, 3.63) is 36.0 Å². The van der Waals surface area contributed by atoms with Gasteiger partial charge in [0.2, 0.25) is 29.5 Å². The molecule has 1 aliphatic rings. The first-order chi connectivity index (χ1) is 31.6. The number of hydrogen-bond acceptors (Lipinski definition) is 9. The average molecular weight is 938 g/mol. The van der Waals surface area contributed by atoms with E-state index >= 15 is 9.59 Å². The third kappa shape index (κ3) is 15.7. The molecule has 1 aromatic carbocycles. The van der Waals surface area contributed by atoms with Crippen molar-refractivity contribution in [2.45, 2.75) is 182 Å². The minimum atomic E-state index is -1.35. The molecule has 1 aromatic heterocycles. The zero-order valence-electron chi connectivity index (χ0n) is 43.0. The van der Waals surface area contributed by atoms with Gasteiger partial charge in [-0.3, -0.25) is 28.8 Å². The number of nitrogens with zero attached hydrogens (tertiary/aromatic N) is 4. The van der Waals surface area contributed by atoms with Crippen LogP contribution in [0, 0.1) is 23.7 Å². The molecule has 0 aliphatic carbocycles. The Hall–Kier alpha value is -5.15. The third-order valence-electron chi connectivity index (χ3n) is 13.2. The van der Waals surface area contributed by atoms with Gasteiger partial charge < -0.3 is 40.2 Å². The molecule has 6 amide bonds. The van der Waals surface area contributed by atoms with Crippen LogP contribution in [-0.4, -0.2) is 131 Å². The van der Waals surface area contributed by atoms with Crippen molar-refractivity contribution in [3.8, 4) is 0 Å². The van der Waals surface area contributed by atoms with E-state index < -0.39 is 83.8 Å². The topological polar surface area (TPSA) is 189 Å². The summed E-state index contributed by atoms with van der Waals surface area (Å²) >= 11 is 0. The van der Waals surface area contributed by atoms with Gasteiger partial charge in [-0.05, 0) is 74.8 Å². The first-order valence-corrected chi connectivity index (χ1v) is 24.6. The minimum Gasteiger partial charge on any atom is -0.451 e. The number of carbonyl (C=O) groups excluding carboxylic acids is 7. The monoisotopic (exact) mass is 938 g/mol. The first kappa shape index (κ1) is 56.2. The molecule has 16 nitrogen and oxygen atoms in total. The molecule has 2 heterocycles. The quantitative estimate of drug-likeness (QED) is 0.168. The fraction of sp³-hybridized carbons (Fsp3) is 0.706. The molecule has 0 unspecified atom stereocenters. The average Bonchev–Trinajstić information content (AvgIpc) is 3.65. The van der Waals surface area contributed by atoms with E-state index in [4.69, 9.17) is 9.57 Å². The highest BCUT2D eigenvalue weighted by molar-refractivity contribution is 5.98. The Kier molecular flexibility index (Phi) is 22.1. The molecule has 1 fully saturated rings. The normalized spacial score (nSPS) is 24.6. The van der Waals surface area contributed by atoms with E-state index in [1.165, 1.54) is 56.8 Å². The highest BCUT2D eigenvalue weighted by Crippen LogP contribution is 2.25. The van der Waals surface area contributed by atoms with Crippen molar-refractivity contribution in [1.29, 1.82) is 0 Å². The maximum Gasteiger partial charge on any atom is 0.329 e. The molecular formula is C51H83N7O9. The maximum absolute atomic E-state index is 15.0. The van der Waals surface area contributed by atoms with Gasteiger partial charge in [0.1, 0.15) is 43.4 Å². The Labute approximate surface area is 399 Å². The molecule has 9 atom stereocenters. The predicted molar refractivity (Wildman–Crippen MR) is 260 cm³/mol. The number of aromatic nitrogens is 1. The van der Waals surface area contributed by atoms with E-state index in [-0.39, 0.29) is 55.8 Å². The Morgan fingerprint density at radius 1 is 0.627 bits per heavy atom. The fourth-order valence-electron chi connectivity index (χ4n) is 8.86. The van der Waals surface area contributed by atoms with Gasteiger partial charge in [-0.2, -0.15) is 4.73 Å². The SMILES string of the molecule is CCCC[C@@H](C)C[C@@H]1NC(=O)[C@H](Cc2cn(OC)c3ccccc23)N(C)C(=O)[C@H](CC(C)C)NC(=O)[C@H](CC(C)C)N(C)C(=O)[C@H](C[C@H](C)CCCC)NC(=O)[C@@H](C)OC(=O)[C@H](C)N(C)C1=O. The predicted octanol–water partition coefficient (Wildman–Crippen LogP) is 5.67. The number of hydrogen-bond donors (Lipinski definition) is 3. The van der Waals surface area contributed by atoms with Crippen LogP contribution >= 0.6 is 0 Å². The number of rotatable bonds is 17. The van der Waals surface area contributed by atoms with E-state index in [0.29, 0.717) is 5.56 Å². The number of benzene rings is 1. The highest BCUT2D eigenvalue weighted by Gasteiger charge is 2.40. The fourth-order valence-corrected chi connectivity index (χ4v) is 8.86. The molecule has 0 bridgehead atoms. The Balaban J connectivity index is 2.28. The summed E-state index contributed by atoms with van der Waals surface area (Å²) in [6.45, 7) is 18.8. The summed E-state index contributed by atoms with van der Waals surface area (Å²) in [5, 5.41) is 9.63. The molecule has 3 N–H and O–H groups in total. The lowest BCUT2D eigenvalue weighted by Gasteiger charge is -2.35. The number of ether oxygens (including phenoxy) is 1. The number of fused-ring (bicyclic) bond motifs is 1. The number of nitrogens with one attached hydrogen (secondary N) is 3. The lowest BCUT2D eigenvalue weighted by Crippen LogP contribution is -2.60. The highest BCUT2D eigenvalue weighted by atomic mass is 16.6. The van der Waals surface area contributed by atoms with Crippen molar-refractivity contribution >= 4 is 52.3 Å². The summed E-state index contributed by atoms with van der Waals surface area (Å²) in [4.78, 5) is 111. The number of unbranched alkanes of at least 4 members (excludes halogenated alkanes) is 2. The zero-order valence-corrected chi connectivity index (χ0v) is 43.0. The first-order valence-electron chi connectivity index (χ1n) is 24.6. The summed E-state index contributed by atoms with van der Waals surface area (Å²) in [6, 6.07) is 0.841. The van der Waals surface area contributed by atoms with Crippen molar-refractivity contribution in [1.82, 2.24) is 35.4 Å². The summed E-state index contributed by atoms with van der Waals surface area (Å²) in [5.74, 6) is -4.44. The summed E-state index contributed by atoms with van der Waals surface area (Å²) in [5.41, 5.74) is 1.45. The summed E-state index contributed by atoms with van der Waals surface area (Å²) in [6.07, 6.45) is 6.69. The third-order valence-corrected chi connectivity index (χ3v) is 13.2. The van der Waals surface area contributed by atoms with Crippen LogP contribution in [0.4, 0.5) is 0 Å². The van der Waals surface area contributed by atoms with Crippen molar-refractivity contribution in [2.75, 3.05) is 28.3 Å². The largest absolute Gasteiger partial charge is 0.451 e. The van der Waals surface area contributed by atoms with E-state index in [0.717, 1.165) is 49.4 Å². The van der Waals surface area contributed by atoms with Crippen LogP contribution in [0.25, 0.3) is 10.9 Å². The van der Waals surface area contributed by atoms with Gasteiger partial charge in [0, 0.05) is 39.1 Å². The Bertz CT molecular complexity index is 1980. The number of likely N-dealkylation sites (N-methyl/N-ethyl adjacent to an activating group) is 3. The molecular weight excluding hydrogens is 855 g/mol. The maximum atomic E-state index is 15.0. The zero-order chi connectivity index (χ0) is 50.3. The van der Waals surface area contributed by atoms with Crippen LogP contribution < -0.4 is 20.8 Å². The molecule has 376 valence electrons. The van der Waals surface area contributed by atoms with E-state index in [1.54, 1.807) is 10.9 Å². The molecule has 16 heteroatoms. The van der Waals surface area contributed by atoms with Crippen molar-refractivity contribution in [3.63, 3.8) is 0 Å². The molecule has 1 saturated heterocycles. The van der Waals surface area contributed by atoms with Crippen molar-refractivity contribution < 1.29 is 43.1 Å². The number of carbonyl (C=O) groups is 7. The second-order valence-corrected chi connectivity index (χ2v) is 19.9. The van der Waals surface area contributed by atoms with Gasteiger partial charge >= 0.3 is 5.97 Å². The smallest absolute Gasteiger partial charge is 0.329 e. The van der Waals surface area contributed by atoms with Gasteiger partial charge in [-0.1, -0.05) is 112 Å². The Morgan fingerprint density at radius 3 is 1.60 bits per heavy atom. The molecule has 67 heavy (non-hydrogen) atoms. The summed E-state index contributed by atoms with van der Waals surface area (Å²) in [7, 11) is 6.04. The van der Waals surface area contributed by atoms with Gasteiger partial charge in [0.05, 0.1) is 5.52 Å². The van der Waals surface area contributed by atoms with Crippen LogP contribution in [0.1, 0.15) is 139 Å². The van der Waals surface area contributed by atoms with Crippen LogP contribution in [0.2, 0.25) is 0 Å². The lowest BCUT2D eigenvalue weighted by molar-refractivity contribution is -0.162. The Morgan fingerprint density at radius 2 is 1.09 bits per heavy atom. The molecule has 3 rings (SSSR count). The van der Waals surface area contributed by atoms with Crippen LogP contribution in [0.5, 0.6) is 0 Å².